The maximum atomic E-state index is 12.1. The molecule has 0 aliphatic carbocycles. The van der Waals surface area contributed by atoms with Crippen molar-refractivity contribution in [1.82, 2.24) is 0 Å². The highest BCUT2D eigenvalue weighted by molar-refractivity contribution is 5.56. The number of benzene rings is 1. The molecule has 0 atom stereocenters. The third kappa shape index (κ3) is 5.83. The van der Waals surface area contributed by atoms with Crippen LogP contribution in [0.3, 0.4) is 0 Å². The number of hydrogen-bond acceptors (Lipinski definition) is 3. The summed E-state index contributed by atoms with van der Waals surface area (Å²) < 4.78 is 41.1. The second-order valence-electron chi connectivity index (χ2n) is 5.08. The van der Waals surface area contributed by atoms with E-state index in [2.05, 4.69) is 5.32 Å². The van der Waals surface area contributed by atoms with Crippen molar-refractivity contribution in [2.75, 3.05) is 25.1 Å². The second-order valence-corrected chi connectivity index (χ2v) is 5.08. The van der Waals surface area contributed by atoms with Gasteiger partial charge in [0, 0.05) is 18.6 Å². The van der Waals surface area contributed by atoms with E-state index < -0.39 is 12.8 Å². The van der Waals surface area contributed by atoms with Crippen LogP contribution in [0.5, 0.6) is 5.75 Å². The number of aliphatic hydroxyl groups is 1. The third-order valence-corrected chi connectivity index (χ3v) is 2.46. The minimum atomic E-state index is -4.36. The normalized spacial score (nSPS) is 12.3. The molecule has 0 unspecified atom stereocenters. The first-order valence-electron chi connectivity index (χ1n) is 5.87. The Morgan fingerprint density at radius 1 is 1.21 bits per heavy atom. The molecule has 0 aliphatic heterocycles. The lowest BCUT2D eigenvalue weighted by atomic mass is 9.95. The van der Waals surface area contributed by atoms with Gasteiger partial charge in [-0.15, -0.1) is 0 Å². The zero-order chi connectivity index (χ0) is 14.5. The summed E-state index contributed by atoms with van der Waals surface area (Å²) in [4.78, 5) is 0. The number of hydrogen-bond donors (Lipinski definition) is 2. The number of aliphatic hydroxyl groups excluding tert-OH is 1. The molecular formula is C13H18F3NO2. The molecule has 3 nitrogen and oxygen atoms in total. The fraction of sp³-hybridized carbons (Fsp3) is 0.538. The van der Waals surface area contributed by atoms with Crippen molar-refractivity contribution in [3.8, 4) is 5.75 Å². The van der Waals surface area contributed by atoms with Crippen LogP contribution in [-0.4, -0.2) is 31.0 Å². The summed E-state index contributed by atoms with van der Waals surface area (Å²) in [5, 5.41) is 12.1. The summed E-state index contributed by atoms with van der Waals surface area (Å²) in [5.41, 5.74) is 0.116. The highest BCUT2D eigenvalue weighted by Crippen LogP contribution is 2.27. The monoisotopic (exact) mass is 277 g/mol. The molecule has 1 aromatic rings. The number of nitrogens with one attached hydrogen (secondary N) is 1. The number of anilines is 1. The zero-order valence-corrected chi connectivity index (χ0v) is 10.9. The van der Waals surface area contributed by atoms with Crippen LogP contribution in [0, 0.1) is 5.41 Å². The van der Waals surface area contributed by atoms with E-state index >= 15 is 0 Å². The van der Waals surface area contributed by atoms with Gasteiger partial charge in [0.15, 0.2) is 6.61 Å². The molecule has 6 heteroatoms. The van der Waals surface area contributed by atoms with Crippen LogP contribution in [0.25, 0.3) is 0 Å². The maximum Gasteiger partial charge on any atom is 0.422 e. The van der Waals surface area contributed by atoms with Gasteiger partial charge in [-0.2, -0.15) is 13.2 Å². The highest BCUT2D eigenvalue weighted by Gasteiger charge is 2.28. The molecule has 0 heterocycles. The molecule has 108 valence electrons. The van der Waals surface area contributed by atoms with E-state index in [9.17, 15) is 13.2 Å². The number of alkyl halides is 3. The van der Waals surface area contributed by atoms with Gasteiger partial charge in [0.05, 0.1) is 5.69 Å². The van der Waals surface area contributed by atoms with Gasteiger partial charge < -0.3 is 15.2 Å². The average Bonchev–Trinajstić information content (AvgIpc) is 2.34. The standard InChI is InChI=1S/C13H18F3NO2/c1-12(2,8-18)7-17-10-5-3-4-6-11(10)19-9-13(14,15)16/h3-6,17-18H,7-9H2,1-2H3. The quantitative estimate of drug-likeness (QED) is 0.839. The minimum absolute atomic E-state index is 0.0222. The van der Waals surface area contributed by atoms with Crippen LogP contribution in [0.15, 0.2) is 24.3 Å². The predicted molar refractivity (Wildman–Crippen MR) is 67.3 cm³/mol. The Kier molecular flexibility index (Phi) is 5.05. The number of para-hydroxylation sites is 2. The summed E-state index contributed by atoms with van der Waals surface area (Å²) in [6.07, 6.45) is -4.36. The van der Waals surface area contributed by atoms with Crippen molar-refractivity contribution in [2.24, 2.45) is 5.41 Å². The molecule has 19 heavy (non-hydrogen) atoms. The summed E-state index contributed by atoms with van der Waals surface area (Å²) in [6, 6.07) is 6.42. The molecule has 0 radical (unpaired) electrons. The minimum Gasteiger partial charge on any atom is -0.482 e. The Bertz CT molecular complexity index is 405. The Hall–Kier alpha value is -1.43. The van der Waals surface area contributed by atoms with Crippen molar-refractivity contribution < 1.29 is 23.0 Å². The molecule has 0 bridgehead atoms. The predicted octanol–water partition coefficient (Wildman–Crippen LogP) is 3.06. The van der Waals surface area contributed by atoms with E-state index in [-0.39, 0.29) is 17.8 Å². The van der Waals surface area contributed by atoms with E-state index in [0.717, 1.165) is 0 Å². The summed E-state index contributed by atoms with van der Waals surface area (Å²) in [5.74, 6) is 0.147. The van der Waals surface area contributed by atoms with E-state index in [1.165, 1.54) is 6.07 Å². The molecule has 0 fully saturated rings. The Labute approximate surface area is 110 Å². The molecule has 1 rings (SSSR count). The van der Waals surface area contributed by atoms with E-state index in [1.807, 2.05) is 13.8 Å². The van der Waals surface area contributed by atoms with E-state index in [4.69, 9.17) is 9.84 Å². The number of rotatable bonds is 6. The SMILES string of the molecule is CC(C)(CO)CNc1ccccc1OCC(F)(F)F. The van der Waals surface area contributed by atoms with Crippen molar-refractivity contribution in [3.05, 3.63) is 24.3 Å². The lowest BCUT2D eigenvalue weighted by molar-refractivity contribution is -0.153. The van der Waals surface area contributed by atoms with Crippen LogP contribution in [-0.2, 0) is 0 Å². The van der Waals surface area contributed by atoms with E-state index in [1.54, 1.807) is 18.2 Å². The zero-order valence-electron chi connectivity index (χ0n) is 10.9. The van der Waals surface area contributed by atoms with Crippen molar-refractivity contribution in [2.45, 2.75) is 20.0 Å². The third-order valence-electron chi connectivity index (χ3n) is 2.46. The molecule has 0 amide bonds. The Morgan fingerprint density at radius 2 is 1.84 bits per heavy atom. The van der Waals surface area contributed by atoms with Crippen LogP contribution < -0.4 is 10.1 Å². The first kappa shape index (κ1) is 15.6. The number of ether oxygens (including phenoxy) is 1. The van der Waals surface area contributed by atoms with Gasteiger partial charge >= 0.3 is 6.18 Å². The fourth-order valence-electron chi connectivity index (χ4n) is 1.29. The van der Waals surface area contributed by atoms with Crippen LogP contribution in [0.2, 0.25) is 0 Å². The molecule has 0 aliphatic rings. The maximum absolute atomic E-state index is 12.1. The first-order chi connectivity index (χ1) is 8.73. The molecule has 2 N–H and O–H groups in total. The lowest BCUT2D eigenvalue weighted by Gasteiger charge is -2.23. The van der Waals surface area contributed by atoms with Crippen LogP contribution >= 0.6 is 0 Å². The topological polar surface area (TPSA) is 41.5 Å². The van der Waals surface area contributed by atoms with Crippen LogP contribution in [0.4, 0.5) is 18.9 Å². The Morgan fingerprint density at radius 3 is 2.42 bits per heavy atom. The fourth-order valence-corrected chi connectivity index (χ4v) is 1.29. The van der Waals surface area contributed by atoms with Gasteiger partial charge in [-0.3, -0.25) is 0 Å². The van der Waals surface area contributed by atoms with Crippen molar-refractivity contribution in [1.29, 1.82) is 0 Å². The largest absolute Gasteiger partial charge is 0.482 e. The Balaban J connectivity index is 2.68. The average molecular weight is 277 g/mol. The molecular weight excluding hydrogens is 259 g/mol. The van der Waals surface area contributed by atoms with E-state index in [0.29, 0.717) is 12.2 Å². The summed E-state index contributed by atoms with van der Waals surface area (Å²) >= 11 is 0. The molecule has 0 aromatic heterocycles. The molecule has 0 spiro atoms. The molecule has 1 aromatic carbocycles. The highest BCUT2D eigenvalue weighted by atomic mass is 19.4. The van der Waals surface area contributed by atoms with Gasteiger partial charge in [0.25, 0.3) is 0 Å². The smallest absolute Gasteiger partial charge is 0.422 e. The van der Waals surface area contributed by atoms with Gasteiger partial charge in [-0.05, 0) is 12.1 Å². The first-order valence-corrected chi connectivity index (χ1v) is 5.87. The van der Waals surface area contributed by atoms with Gasteiger partial charge in [0.1, 0.15) is 5.75 Å². The van der Waals surface area contributed by atoms with Gasteiger partial charge in [-0.25, -0.2) is 0 Å². The summed E-state index contributed by atoms with van der Waals surface area (Å²) in [7, 11) is 0. The summed E-state index contributed by atoms with van der Waals surface area (Å²) in [6.45, 7) is 2.77. The second kappa shape index (κ2) is 6.14. The van der Waals surface area contributed by atoms with Gasteiger partial charge in [-0.1, -0.05) is 26.0 Å². The number of halogens is 3. The molecule has 0 saturated heterocycles. The molecule has 0 saturated carbocycles. The van der Waals surface area contributed by atoms with Crippen molar-refractivity contribution >= 4 is 5.69 Å². The van der Waals surface area contributed by atoms with Gasteiger partial charge in [0.2, 0.25) is 0 Å². The van der Waals surface area contributed by atoms with Crippen molar-refractivity contribution in [3.63, 3.8) is 0 Å². The van der Waals surface area contributed by atoms with Crippen LogP contribution in [0.1, 0.15) is 13.8 Å². The lowest BCUT2D eigenvalue weighted by Crippen LogP contribution is -2.27.